The third-order valence-electron chi connectivity index (χ3n) is 4.62. The summed E-state index contributed by atoms with van der Waals surface area (Å²) in [6, 6.07) is 11.6. The molecule has 0 unspecified atom stereocenters. The fourth-order valence-corrected chi connectivity index (χ4v) is 7.16. The summed E-state index contributed by atoms with van der Waals surface area (Å²) in [6.07, 6.45) is 2.60. The summed E-state index contributed by atoms with van der Waals surface area (Å²) >= 11 is 0. The fourth-order valence-electron chi connectivity index (χ4n) is 3.23. The molecule has 0 atom stereocenters. The summed E-state index contributed by atoms with van der Waals surface area (Å²) in [5, 5.41) is 1.24. The van der Waals surface area contributed by atoms with Crippen molar-refractivity contribution in [3.8, 4) is 0 Å². The molecule has 0 radical (unpaired) electrons. The van der Waals surface area contributed by atoms with E-state index in [9.17, 15) is 0 Å². The highest BCUT2D eigenvalue weighted by molar-refractivity contribution is 6.81. The lowest BCUT2D eigenvalue weighted by Crippen LogP contribution is -2.57. The van der Waals surface area contributed by atoms with Gasteiger partial charge < -0.3 is 13.6 Å². The first-order valence-electron chi connectivity index (χ1n) is 8.90. The van der Waals surface area contributed by atoms with Crippen molar-refractivity contribution in [1.82, 2.24) is 0 Å². The normalized spacial score (nSPS) is 17.5. The zero-order valence-electron chi connectivity index (χ0n) is 15.3. The van der Waals surface area contributed by atoms with Gasteiger partial charge in [-0.05, 0) is 51.8 Å². The van der Waals surface area contributed by atoms with Gasteiger partial charge in [-0.3, -0.25) is 0 Å². The highest BCUT2D eigenvalue weighted by Gasteiger charge is 2.46. The molecule has 4 heteroatoms. The van der Waals surface area contributed by atoms with Crippen molar-refractivity contribution < 1.29 is 13.6 Å². The summed E-state index contributed by atoms with van der Waals surface area (Å²) in [5.74, 6) is 0. The summed E-state index contributed by atoms with van der Waals surface area (Å²) in [6.45, 7) is 12.5. The van der Waals surface area contributed by atoms with Crippen molar-refractivity contribution in [3.63, 3.8) is 0 Å². The van der Waals surface area contributed by atoms with E-state index in [1.807, 2.05) is 0 Å². The lowest BCUT2D eigenvalue weighted by molar-refractivity contribution is -0.117. The molecule has 0 N–H and O–H groups in total. The van der Waals surface area contributed by atoms with Gasteiger partial charge in [0.1, 0.15) is 0 Å². The van der Waals surface area contributed by atoms with Crippen molar-refractivity contribution in [1.29, 1.82) is 0 Å². The van der Waals surface area contributed by atoms with Gasteiger partial charge in [-0.15, -0.1) is 0 Å². The van der Waals surface area contributed by atoms with Crippen LogP contribution in [0.1, 0.15) is 47.5 Å². The molecule has 1 aromatic carbocycles. The third-order valence-corrected chi connectivity index (χ3v) is 8.44. The van der Waals surface area contributed by atoms with Crippen LogP contribution in [0.15, 0.2) is 30.3 Å². The SMILES string of the molecule is CCC1(CC[Si](OC(C)C)(OC(C)C)c2ccccc2)COC1. The Morgan fingerprint density at radius 3 is 2.00 bits per heavy atom. The number of rotatable bonds is 9. The van der Waals surface area contributed by atoms with Gasteiger partial charge in [0, 0.05) is 17.6 Å². The minimum absolute atomic E-state index is 0.163. The van der Waals surface area contributed by atoms with Gasteiger partial charge in [0.2, 0.25) is 0 Å². The monoisotopic (exact) mass is 336 g/mol. The van der Waals surface area contributed by atoms with Gasteiger partial charge in [0.05, 0.1) is 13.2 Å². The molecule has 3 nitrogen and oxygen atoms in total. The summed E-state index contributed by atoms with van der Waals surface area (Å²) in [5.41, 5.74) is 0.327. The Morgan fingerprint density at radius 2 is 1.61 bits per heavy atom. The van der Waals surface area contributed by atoms with Crippen molar-refractivity contribution in [3.05, 3.63) is 30.3 Å². The van der Waals surface area contributed by atoms with Crippen molar-refractivity contribution >= 4 is 13.7 Å². The first-order valence-corrected chi connectivity index (χ1v) is 10.9. The van der Waals surface area contributed by atoms with Gasteiger partial charge in [-0.2, -0.15) is 0 Å². The fraction of sp³-hybridized carbons (Fsp3) is 0.684. The lowest BCUT2D eigenvalue weighted by Gasteiger charge is -2.43. The van der Waals surface area contributed by atoms with E-state index in [1.54, 1.807) is 0 Å². The molecule has 130 valence electrons. The zero-order valence-corrected chi connectivity index (χ0v) is 16.3. The molecular formula is C19H32O3Si. The van der Waals surface area contributed by atoms with Crippen LogP contribution in [0.3, 0.4) is 0 Å². The van der Waals surface area contributed by atoms with Crippen LogP contribution in [-0.4, -0.2) is 34.0 Å². The summed E-state index contributed by atoms with van der Waals surface area (Å²) in [4.78, 5) is 0. The van der Waals surface area contributed by atoms with Crippen LogP contribution in [0, 0.1) is 5.41 Å². The predicted octanol–water partition coefficient (Wildman–Crippen LogP) is 4.00. The molecule has 0 aromatic heterocycles. The van der Waals surface area contributed by atoms with E-state index in [0.717, 1.165) is 32.1 Å². The maximum atomic E-state index is 6.52. The summed E-state index contributed by atoms with van der Waals surface area (Å²) < 4.78 is 18.5. The van der Waals surface area contributed by atoms with Crippen molar-refractivity contribution in [2.24, 2.45) is 5.41 Å². The average Bonchev–Trinajstić information content (AvgIpc) is 2.46. The van der Waals surface area contributed by atoms with Crippen LogP contribution in [0.4, 0.5) is 0 Å². The second-order valence-corrected chi connectivity index (χ2v) is 10.4. The smallest absolute Gasteiger partial charge is 0.372 e. The number of hydrogen-bond acceptors (Lipinski definition) is 3. The number of ether oxygens (including phenoxy) is 1. The lowest BCUT2D eigenvalue weighted by atomic mass is 9.81. The van der Waals surface area contributed by atoms with Crippen LogP contribution in [0.5, 0.6) is 0 Å². The largest absolute Gasteiger partial charge is 0.388 e. The van der Waals surface area contributed by atoms with Crippen molar-refractivity contribution in [2.45, 2.75) is 65.7 Å². The van der Waals surface area contributed by atoms with E-state index in [0.29, 0.717) is 5.41 Å². The Hall–Kier alpha value is -0.683. The Kier molecular flexibility index (Phi) is 6.43. The summed E-state index contributed by atoms with van der Waals surface area (Å²) in [7, 11) is -2.46. The minimum atomic E-state index is -2.46. The first kappa shape index (κ1) is 18.7. The molecule has 0 aliphatic carbocycles. The van der Waals surface area contributed by atoms with Gasteiger partial charge in [-0.1, -0.05) is 37.3 Å². The molecule has 23 heavy (non-hydrogen) atoms. The van der Waals surface area contributed by atoms with Gasteiger partial charge >= 0.3 is 8.56 Å². The van der Waals surface area contributed by atoms with E-state index in [1.165, 1.54) is 5.19 Å². The number of hydrogen-bond donors (Lipinski definition) is 0. The second-order valence-electron chi connectivity index (χ2n) is 7.30. The Balaban J connectivity index is 2.27. The quantitative estimate of drug-likeness (QED) is 0.638. The topological polar surface area (TPSA) is 27.7 Å². The molecule has 1 aliphatic heterocycles. The maximum Gasteiger partial charge on any atom is 0.372 e. The van der Waals surface area contributed by atoms with E-state index in [2.05, 4.69) is 65.0 Å². The van der Waals surface area contributed by atoms with Crippen molar-refractivity contribution in [2.75, 3.05) is 13.2 Å². The molecule has 1 fully saturated rings. The van der Waals surface area contributed by atoms with Gasteiger partial charge in [0.15, 0.2) is 0 Å². The molecule has 1 heterocycles. The second kappa shape index (κ2) is 7.93. The molecule has 0 amide bonds. The van der Waals surface area contributed by atoms with Crippen LogP contribution >= 0.6 is 0 Å². The molecule has 1 aromatic rings. The molecule has 1 aliphatic rings. The van der Waals surface area contributed by atoms with E-state index in [-0.39, 0.29) is 12.2 Å². The zero-order chi connectivity index (χ0) is 16.9. The van der Waals surface area contributed by atoms with E-state index in [4.69, 9.17) is 13.6 Å². The Bertz CT molecular complexity index is 453. The van der Waals surface area contributed by atoms with E-state index >= 15 is 0 Å². The van der Waals surface area contributed by atoms with Crippen LogP contribution < -0.4 is 5.19 Å². The highest BCUT2D eigenvalue weighted by Crippen LogP contribution is 2.38. The molecule has 0 saturated carbocycles. The van der Waals surface area contributed by atoms with Crippen LogP contribution in [0.25, 0.3) is 0 Å². The first-order chi connectivity index (χ1) is 10.9. The standard InChI is InChI=1S/C19H32O3Si/c1-6-19(14-20-15-19)12-13-23(21-16(2)3,22-17(4)5)18-10-8-7-9-11-18/h7-11,16-17H,6,12-15H2,1-5H3. The molecule has 0 spiro atoms. The predicted molar refractivity (Wildman–Crippen MR) is 97.2 cm³/mol. The Morgan fingerprint density at radius 1 is 1.04 bits per heavy atom. The Labute approximate surface area is 142 Å². The third kappa shape index (κ3) is 4.66. The molecule has 2 rings (SSSR count). The average molecular weight is 337 g/mol. The molecular weight excluding hydrogens is 304 g/mol. The minimum Gasteiger partial charge on any atom is -0.388 e. The number of benzene rings is 1. The van der Waals surface area contributed by atoms with E-state index < -0.39 is 8.56 Å². The van der Waals surface area contributed by atoms with Crippen LogP contribution in [-0.2, 0) is 13.6 Å². The maximum absolute atomic E-state index is 6.52. The molecule has 0 bridgehead atoms. The van der Waals surface area contributed by atoms with Gasteiger partial charge in [0.25, 0.3) is 0 Å². The van der Waals surface area contributed by atoms with Crippen LogP contribution in [0.2, 0.25) is 6.04 Å². The highest BCUT2D eigenvalue weighted by atomic mass is 28.4. The van der Waals surface area contributed by atoms with Gasteiger partial charge in [-0.25, -0.2) is 0 Å². The molecule has 1 saturated heterocycles.